The van der Waals surface area contributed by atoms with Crippen LogP contribution < -0.4 is 40.7 Å². The molecular formula is C50H60N4O8. The number of rotatable bonds is 15. The zero-order valence-corrected chi connectivity index (χ0v) is 36.4. The van der Waals surface area contributed by atoms with Gasteiger partial charge in [-0.15, -0.1) is 0 Å². The largest absolute Gasteiger partial charge is 0.507 e. The molecule has 328 valence electrons. The van der Waals surface area contributed by atoms with Gasteiger partial charge in [-0.25, -0.2) is 0 Å². The Bertz CT molecular complexity index is 2520. The molecule has 7 N–H and O–H groups in total. The number of allylic oxidation sites excluding steroid dienone is 1. The Morgan fingerprint density at radius 3 is 2.60 bits per heavy atom. The van der Waals surface area contributed by atoms with Gasteiger partial charge in [0.15, 0.2) is 17.6 Å². The number of fused-ring (bicyclic) bond motifs is 8. The third-order valence-electron chi connectivity index (χ3n) is 13.4. The lowest BCUT2D eigenvalue weighted by atomic mass is 9.64. The van der Waals surface area contributed by atoms with Gasteiger partial charge in [0.2, 0.25) is 0 Å². The summed E-state index contributed by atoms with van der Waals surface area (Å²) in [5.74, 6) is 2.42. The first-order chi connectivity index (χ1) is 29.9. The highest BCUT2D eigenvalue weighted by Gasteiger charge is 2.51. The summed E-state index contributed by atoms with van der Waals surface area (Å²) in [6.45, 7) is 8.09. The van der Waals surface area contributed by atoms with E-state index in [0.29, 0.717) is 70.1 Å². The van der Waals surface area contributed by atoms with Crippen LogP contribution in [0.4, 0.5) is 0 Å². The molecule has 5 aliphatic rings. The molecule has 12 nitrogen and oxygen atoms in total. The fourth-order valence-corrected chi connectivity index (χ4v) is 10.8. The summed E-state index contributed by atoms with van der Waals surface area (Å²) in [4.78, 5) is 4.65. The SMILES string of the molecule is CNCOC1(CNCNCC(C)(O)CC(C)C)Cc2c3c(c4c(c2OC1c1ccc(O)c(OC)c1)CCC(CO)O4)-c1ccc(O)c2c1C(C3)C(c1ccc3c(c1)=CCN=3)C=C2. The fraction of sp³-hybridized carbons (Fsp3) is 0.460. The molecule has 12 heteroatoms. The molecule has 9 rings (SSSR count). The molecule has 6 atom stereocenters. The topological polar surface area (TPSA) is 166 Å². The quantitative estimate of drug-likeness (QED) is 0.0646. The van der Waals surface area contributed by atoms with E-state index in [1.807, 2.05) is 32.2 Å². The van der Waals surface area contributed by atoms with Crippen LogP contribution in [-0.2, 0) is 24.0 Å². The minimum Gasteiger partial charge on any atom is -0.507 e. The Morgan fingerprint density at radius 2 is 1.81 bits per heavy atom. The molecule has 0 fully saturated rings. The number of aromatic hydroxyl groups is 2. The number of phenolic OH excluding ortho intramolecular Hbond substituents is 2. The van der Waals surface area contributed by atoms with Crippen LogP contribution in [0.2, 0.25) is 0 Å². The molecule has 3 heterocycles. The number of ether oxygens (including phenoxy) is 4. The molecule has 0 amide bonds. The molecule has 0 radical (unpaired) electrons. The Kier molecular flexibility index (Phi) is 11.6. The summed E-state index contributed by atoms with van der Waals surface area (Å²) in [7, 11) is 3.39. The van der Waals surface area contributed by atoms with Gasteiger partial charge in [-0.05, 0) is 115 Å². The van der Waals surface area contributed by atoms with Crippen LogP contribution in [-0.4, -0.2) is 91.5 Å². The predicted molar refractivity (Wildman–Crippen MR) is 239 cm³/mol. The van der Waals surface area contributed by atoms with Gasteiger partial charge in [-0.1, -0.05) is 50.3 Å². The molecule has 4 aromatic rings. The van der Waals surface area contributed by atoms with Gasteiger partial charge in [-0.3, -0.25) is 10.3 Å². The predicted octanol–water partition coefficient (Wildman–Crippen LogP) is 4.87. The number of methoxy groups -OCH3 is 1. The summed E-state index contributed by atoms with van der Waals surface area (Å²) >= 11 is 0. The lowest BCUT2D eigenvalue weighted by molar-refractivity contribution is -0.129. The zero-order chi connectivity index (χ0) is 43.3. The van der Waals surface area contributed by atoms with Crippen molar-refractivity contribution in [2.24, 2.45) is 10.9 Å². The van der Waals surface area contributed by atoms with Crippen molar-refractivity contribution < 1.29 is 39.4 Å². The summed E-state index contributed by atoms with van der Waals surface area (Å²) < 4.78 is 26.9. The second-order valence-electron chi connectivity index (χ2n) is 18.4. The number of phenols is 2. The van der Waals surface area contributed by atoms with Gasteiger partial charge in [-0.2, -0.15) is 0 Å². The highest BCUT2D eigenvalue weighted by atomic mass is 16.6. The highest BCUT2D eigenvalue weighted by molar-refractivity contribution is 5.89. The molecule has 6 unspecified atom stereocenters. The number of hydrogen-bond acceptors (Lipinski definition) is 12. The smallest absolute Gasteiger partial charge is 0.160 e. The molecule has 2 aliphatic carbocycles. The van der Waals surface area contributed by atoms with E-state index in [-0.39, 0.29) is 42.8 Å². The number of aliphatic hydroxyl groups excluding tert-OH is 1. The lowest BCUT2D eigenvalue weighted by Gasteiger charge is -2.48. The van der Waals surface area contributed by atoms with Crippen LogP contribution in [0.3, 0.4) is 0 Å². The van der Waals surface area contributed by atoms with Gasteiger partial charge in [0.1, 0.15) is 29.0 Å². The first-order valence-corrected chi connectivity index (χ1v) is 22.1. The molecule has 0 spiro atoms. The average Bonchev–Trinajstić information content (AvgIpc) is 3.74. The van der Waals surface area contributed by atoms with E-state index in [0.717, 1.165) is 66.6 Å². The molecular weight excluding hydrogens is 785 g/mol. The van der Waals surface area contributed by atoms with Crippen molar-refractivity contribution in [3.8, 4) is 39.9 Å². The fourth-order valence-electron chi connectivity index (χ4n) is 10.8. The Hall–Kier alpha value is -4.95. The first kappa shape index (κ1) is 42.4. The van der Waals surface area contributed by atoms with Gasteiger partial charge in [0.25, 0.3) is 0 Å². The van der Waals surface area contributed by atoms with E-state index < -0.39 is 17.3 Å². The second kappa shape index (κ2) is 17.0. The Labute approximate surface area is 363 Å². The van der Waals surface area contributed by atoms with Crippen LogP contribution in [0.5, 0.6) is 28.7 Å². The van der Waals surface area contributed by atoms with Crippen molar-refractivity contribution in [2.75, 3.05) is 53.8 Å². The number of benzene rings is 4. The summed E-state index contributed by atoms with van der Waals surface area (Å²) in [5.41, 5.74) is 7.14. The summed E-state index contributed by atoms with van der Waals surface area (Å²) in [5, 5.41) is 56.1. The lowest BCUT2D eigenvalue weighted by Crippen LogP contribution is -2.56. The van der Waals surface area contributed by atoms with Gasteiger partial charge in [0, 0.05) is 54.4 Å². The van der Waals surface area contributed by atoms with Crippen molar-refractivity contribution >= 4 is 12.2 Å². The summed E-state index contributed by atoms with van der Waals surface area (Å²) in [6, 6.07) is 15.7. The summed E-state index contributed by atoms with van der Waals surface area (Å²) in [6.07, 6.45) is 8.47. The van der Waals surface area contributed by atoms with Crippen molar-refractivity contribution in [1.82, 2.24) is 16.0 Å². The van der Waals surface area contributed by atoms with Gasteiger partial charge < -0.3 is 50.0 Å². The van der Waals surface area contributed by atoms with Crippen LogP contribution in [0.1, 0.15) is 90.5 Å². The van der Waals surface area contributed by atoms with E-state index in [9.17, 15) is 20.4 Å². The molecule has 0 saturated heterocycles. The third-order valence-corrected chi connectivity index (χ3v) is 13.4. The Morgan fingerprint density at radius 1 is 0.984 bits per heavy atom. The standard InChI is InChI=1S/C50H60N4O8/c1-28(2)21-49(3,58)24-52-26-53-25-50(60-27-51-4)22-39-38-20-37-33(29-6-13-40-30(18-29)16-17-54-40)10-11-34-41(56)15-12-35(44(34)37)45(38)47-36(9-8-32(23-55)61-47)46(39)62-48(50)31-7-14-42(57)43(19-31)59-5/h6-7,10-16,18-19,28,32-33,37,48,51-53,55-58H,8-9,17,20-27H2,1-5H3. The van der Waals surface area contributed by atoms with E-state index in [1.54, 1.807) is 12.1 Å². The number of nitrogens with one attached hydrogen (secondary N) is 3. The maximum atomic E-state index is 11.4. The van der Waals surface area contributed by atoms with Crippen LogP contribution in [0.25, 0.3) is 23.3 Å². The molecule has 0 bridgehead atoms. The van der Waals surface area contributed by atoms with Crippen LogP contribution >= 0.6 is 0 Å². The Balaban J connectivity index is 1.20. The van der Waals surface area contributed by atoms with Crippen LogP contribution in [0, 0.1) is 5.92 Å². The zero-order valence-electron chi connectivity index (χ0n) is 36.4. The number of hydrogen-bond donors (Lipinski definition) is 7. The van der Waals surface area contributed by atoms with Crippen molar-refractivity contribution in [3.05, 3.63) is 104 Å². The second-order valence-corrected chi connectivity index (χ2v) is 18.4. The maximum Gasteiger partial charge on any atom is 0.160 e. The normalized spacial score (nSPS) is 23.7. The molecule has 4 aromatic carbocycles. The number of aliphatic hydroxyl groups is 2. The highest BCUT2D eigenvalue weighted by Crippen LogP contribution is 2.60. The first-order valence-electron chi connectivity index (χ1n) is 22.1. The average molecular weight is 845 g/mol. The minimum absolute atomic E-state index is 0.0148. The van der Waals surface area contributed by atoms with E-state index in [1.165, 1.54) is 12.7 Å². The molecule has 3 aliphatic heterocycles. The van der Waals surface area contributed by atoms with Crippen molar-refractivity contribution in [2.45, 2.75) is 88.1 Å². The molecule has 0 saturated carbocycles. The van der Waals surface area contributed by atoms with Gasteiger partial charge >= 0.3 is 0 Å². The maximum absolute atomic E-state index is 11.4. The monoisotopic (exact) mass is 844 g/mol. The van der Waals surface area contributed by atoms with Gasteiger partial charge in [0.05, 0.1) is 38.0 Å². The minimum atomic E-state index is -0.989. The van der Waals surface area contributed by atoms with Crippen molar-refractivity contribution in [1.29, 1.82) is 0 Å². The molecule has 62 heavy (non-hydrogen) atoms. The van der Waals surface area contributed by atoms with E-state index in [4.69, 9.17) is 18.9 Å². The van der Waals surface area contributed by atoms with E-state index in [2.05, 4.69) is 71.2 Å². The molecule has 0 aromatic heterocycles. The third kappa shape index (κ3) is 7.64. The van der Waals surface area contributed by atoms with Crippen molar-refractivity contribution in [3.63, 3.8) is 0 Å². The number of nitrogens with zero attached hydrogens (tertiary/aromatic N) is 1. The van der Waals surface area contributed by atoms with Crippen LogP contribution in [0.15, 0.2) is 59.6 Å². The van der Waals surface area contributed by atoms with E-state index >= 15 is 0 Å².